The number of nitro benzene ring substituents is 1. The summed E-state index contributed by atoms with van der Waals surface area (Å²) < 4.78 is 39.7. The highest BCUT2D eigenvalue weighted by atomic mass is 19.4. The summed E-state index contributed by atoms with van der Waals surface area (Å²) in [6, 6.07) is 5.43. The van der Waals surface area contributed by atoms with Gasteiger partial charge in [-0.25, -0.2) is 4.79 Å². The van der Waals surface area contributed by atoms with Crippen molar-refractivity contribution in [3.05, 3.63) is 39.9 Å². The molecule has 0 heterocycles. The lowest BCUT2D eigenvalue weighted by Crippen LogP contribution is -2.30. The number of benzene rings is 1. The predicted octanol–water partition coefficient (Wildman–Crippen LogP) is 2.73. The summed E-state index contributed by atoms with van der Waals surface area (Å²) in [7, 11) is 1.23. The zero-order valence-corrected chi connectivity index (χ0v) is 10.4. The SMILES string of the molecule is CN(Cc1cccc([N+](=O)[O-])c1)C(=O)OCC(F)(F)F. The van der Waals surface area contributed by atoms with Crippen molar-refractivity contribution in [2.45, 2.75) is 12.7 Å². The van der Waals surface area contributed by atoms with E-state index in [1.807, 2.05) is 0 Å². The molecule has 9 heteroatoms. The number of ether oxygens (including phenoxy) is 1. The van der Waals surface area contributed by atoms with E-state index in [1.54, 1.807) is 0 Å². The second-order valence-corrected chi connectivity index (χ2v) is 3.95. The molecule has 0 aliphatic heterocycles. The van der Waals surface area contributed by atoms with Crippen molar-refractivity contribution in [1.82, 2.24) is 4.90 Å². The van der Waals surface area contributed by atoms with Crippen LogP contribution in [0, 0.1) is 10.1 Å². The Balaban J connectivity index is 2.61. The van der Waals surface area contributed by atoms with Gasteiger partial charge < -0.3 is 9.64 Å². The molecule has 0 aliphatic rings. The molecule has 1 aromatic carbocycles. The quantitative estimate of drug-likeness (QED) is 0.631. The number of amides is 1. The third-order valence-corrected chi connectivity index (χ3v) is 2.21. The Morgan fingerprint density at radius 1 is 1.45 bits per heavy atom. The van der Waals surface area contributed by atoms with E-state index in [2.05, 4.69) is 4.74 Å². The van der Waals surface area contributed by atoms with E-state index in [4.69, 9.17) is 0 Å². The third kappa shape index (κ3) is 5.12. The number of nitro groups is 1. The second-order valence-electron chi connectivity index (χ2n) is 3.95. The molecule has 1 rings (SSSR count). The van der Waals surface area contributed by atoms with Gasteiger partial charge in [0.15, 0.2) is 6.61 Å². The molecule has 6 nitrogen and oxygen atoms in total. The summed E-state index contributed by atoms with van der Waals surface area (Å²) in [6.45, 7) is -1.77. The van der Waals surface area contributed by atoms with Crippen LogP contribution in [0.15, 0.2) is 24.3 Å². The summed E-state index contributed by atoms with van der Waals surface area (Å²) in [5.74, 6) is 0. The van der Waals surface area contributed by atoms with E-state index in [0.717, 1.165) is 4.90 Å². The van der Waals surface area contributed by atoms with Crippen molar-refractivity contribution < 1.29 is 27.6 Å². The van der Waals surface area contributed by atoms with Crippen LogP contribution in [0.1, 0.15) is 5.56 Å². The molecule has 0 N–H and O–H groups in total. The van der Waals surface area contributed by atoms with Crippen LogP contribution in [-0.4, -0.2) is 35.7 Å². The largest absolute Gasteiger partial charge is 0.440 e. The van der Waals surface area contributed by atoms with Gasteiger partial charge >= 0.3 is 12.3 Å². The molecule has 0 radical (unpaired) electrons. The normalized spacial score (nSPS) is 11.0. The number of hydrogen-bond donors (Lipinski definition) is 0. The van der Waals surface area contributed by atoms with E-state index in [-0.39, 0.29) is 12.2 Å². The first kappa shape index (κ1) is 15.7. The molecule has 0 aromatic heterocycles. The standard InChI is InChI=1S/C11H11F3N2O4/c1-15(10(17)20-7-11(12,13)14)6-8-3-2-4-9(5-8)16(18)19/h2-5H,6-7H2,1H3. The smallest absolute Gasteiger partial charge is 0.422 e. The molecule has 1 amide bonds. The Kier molecular flexibility index (Phi) is 4.89. The lowest BCUT2D eigenvalue weighted by molar-refractivity contribution is -0.384. The van der Waals surface area contributed by atoms with Crippen molar-refractivity contribution in [2.75, 3.05) is 13.7 Å². The van der Waals surface area contributed by atoms with Gasteiger partial charge in [-0.15, -0.1) is 0 Å². The van der Waals surface area contributed by atoms with Gasteiger partial charge in [-0.1, -0.05) is 12.1 Å². The molecule has 0 atom stereocenters. The van der Waals surface area contributed by atoms with Crippen LogP contribution in [0.3, 0.4) is 0 Å². The zero-order chi connectivity index (χ0) is 15.3. The molecule has 0 fully saturated rings. The Morgan fingerprint density at radius 2 is 2.10 bits per heavy atom. The van der Waals surface area contributed by atoms with Gasteiger partial charge in [0.2, 0.25) is 0 Å². The molecule has 110 valence electrons. The van der Waals surface area contributed by atoms with Crippen molar-refractivity contribution in [3.63, 3.8) is 0 Å². The molecular formula is C11H11F3N2O4. The van der Waals surface area contributed by atoms with Gasteiger partial charge in [-0.3, -0.25) is 10.1 Å². The fraction of sp³-hybridized carbons (Fsp3) is 0.364. The van der Waals surface area contributed by atoms with E-state index < -0.39 is 23.8 Å². The highest BCUT2D eigenvalue weighted by molar-refractivity contribution is 5.67. The number of non-ortho nitro benzene ring substituents is 1. The van der Waals surface area contributed by atoms with Crippen molar-refractivity contribution in [1.29, 1.82) is 0 Å². The number of rotatable bonds is 4. The molecule has 0 saturated carbocycles. The van der Waals surface area contributed by atoms with Crippen molar-refractivity contribution >= 4 is 11.8 Å². The first-order valence-electron chi connectivity index (χ1n) is 5.37. The topological polar surface area (TPSA) is 72.7 Å². The first-order valence-corrected chi connectivity index (χ1v) is 5.37. The van der Waals surface area contributed by atoms with Crippen LogP contribution >= 0.6 is 0 Å². The number of hydrogen-bond acceptors (Lipinski definition) is 4. The van der Waals surface area contributed by atoms with Crippen LogP contribution in [0.5, 0.6) is 0 Å². The number of alkyl halides is 3. The fourth-order valence-electron chi connectivity index (χ4n) is 1.36. The fourth-order valence-corrected chi connectivity index (χ4v) is 1.36. The van der Waals surface area contributed by atoms with Crippen molar-refractivity contribution in [3.8, 4) is 0 Å². The van der Waals surface area contributed by atoms with Crippen LogP contribution in [0.25, 0.3) is 0 Å². The predicted molar refractivity (Wildman–Crippen MR) is 62.0 cm³/mol. The second kappa shape index (κ2) is 6.22. The van der Waals surface area contributed by atoms with Crippen LogP contribution < -0.4 is 0 Å². The maximum Gasteiger partial charge on any atom is 0.422 e. The van der Waals surface area contributed by atoms with Crippen LogP contribution in [-0.2, 0) is 11.3 Å². The summed E-state index contributed by atoms with van der Waals surface area (Å²) in [6.07, 6.45) is -5.75. The summed E-state index contributed by atoms with van der Waals surface area (Å²) in [4.78, 5) is 22.1. The molecule has 0 aliphatic carbocycles. The Bertz CT molecular complexity index is 505. The summed E-state index contributed by atoms with van der Waals surface area (Å²) in [5.41, 5.74) is 0.241. The maximum atomic E-state index is 11.9. The Labute approximate surface area is 111 Å². The maximum absolute atomic E-state index is 11.9. The van der Waals surface area contributed by atoms with Gasteiger partial charge in [0.05, 0.1) is 4.92 Å². The van der Waals surface area contributed by atoms with Gasteiger partial charge in [0.1, 0.15) is 0 Å². The minimum Gasteiger partial charge on any atom is -0.440 e. The first-order chi connectivity index (χ1) is 9.19. The number of carbonyl (C=O) groups is 1. The molecule has 0 unspecified atom stereocenters. The highest BCUT2D eigenvalue weighted by Gasteiger charge is 2.30. The number of carbonyl (C=O) groups excluding carboxylic acids is 1. The highest BCUT2D eigenvalue weighted by Crippen LogP contribution is 2.17. The molecule has 0 saturated heterocycles. The lowest BCUT2D eigenvalue weighted by atomic mass is 10.2. The van der Waals surface area contributed by atoms with Gasteiger partial charge in [0.25, 0.3) is 5.69 Å². The van der Waals surface area contributed by atoms with E-state index in [1.165, 1.54) is 31.3 Å². The van der Waals surface area contributed by atoms with Gasteiger partial charge in [-0.2, -0.15) is 13.2 Å². The van der Waals surface area contributed by atoms with Gasteiger partial charge in [-0.05, 0) is 5.56 Å². The van der Waals surface area contributed by atoms with Crippen molar-refractivity contribution in [2.24, 2.45) is 0 Å². The Hall–Kier alpha value is -2.32. The van der Waals surface area contributed by atoms with E-state index in [9.17, 15) is 28.1 Å². The molecule has 20 heavy (non-hydrogen) atoms. The van der Waals surface area contributed by atoms with Crippen LogP contribution in [0.2, 0.25) is 0 Å². The average molecular weight is 292 g/mol. The van der Waals surface area contributed by atoms with Gasteiger partial charge in [0, 0.05) is 25.7 Å². The minimum atomic E-state index is -4.60. The number of halogens is 3. The summed E-state index contributed by atoms with van der Waals surface area (Å²) >= 11 is 0. The lowest BCUT2D eigenvalue weighted by Gasteiger charge is -2.17. The van der Waals surface area contributed by atoms with E-state index in [0.29, 0.717) is 5.56 Å². The zero-order valence-electron chi connectivity index (χ0n) is 10.4. The average Bonchev–Trinajstić information content (AvgIpc) is 2.35. The monoisotopic (exact) mass is 292 g/mol. The molecule has 1 aromatic rings. The van der Waals surface area contributed by atoms with Crippen LogP contribution in [0.4, 0.5) is 23.7 Å². The Morgan fingerprint density at radius 3 is 2.65 bits per heavy atom. The summed E-state index contributed by atoms with van der Waals surface area (Å²) in [5, 5.41) is 10.6. The number of nitrogens with zero attached hydrogens (tertiary/aromatic N) is 2. The third-order valence-electron chi connectivity index (χ3n) is 2.21. The van der Waals surface area contributed by atoms with E-state index >= 15 is 0 Å². The molecule has 0 spiro atoms. The molecule has 0 bridgehead atoms. The molecular weight excluding hydrogens is 281 g/mol. The minimum absolute atomic E-state index is 0.0988.